The minimum absolute atomic E-state index is 0.555. The third-order valence-corrected chi connectivity index (χ3v) is 2.86. The van der Waals surface area contributed by atoms with Gasteiger partial charge in [-0.1, -0.05) is 18.2 Å². The summed E-state index contributed by atoms with van der Waals surface area (Å²) < 4.78 is 5.57. The Morgan fingerprint density at radius 2 is 2.07 bits per heavy atom. The van der Waals surface area contributed by atoms with Gasteiger partial charge in [0.25, 0.3) is 0 Å². The van der Waals surface area contributed by atoms with Gasteiger partial charge < -0.3 is 10.1 Å². The Hall–Kier alpha value is -0.670. The van der Waals surface area contributed by atoms with E-state index in [1.165, 1.54) is 0 Å². The third-order valence-electron chi connectivity index (χ3n) is 2.02. The predicted molar refractivity (Wildman–Crippen MR) is 67.8 cm³/mol. The standard InChI is InChI=1S/C12H19NOS/c1-11(10-15-2)13-8-9-14-12-6-4-3-5-7-12/h3-7,11,13H,8-10H2,1-2H3. The molecular weight excluding hydrogens is 206 g/mol. The zero-order chi connectivity index (χ0) is 10.9. The number of rotatable bonds is 7. The maximum absolute atomic E-state index is 5.57. The molecule has 0 heterocycles. The lowest BCUT2D eigenvalue weighted by Gasteiger charge is -2.12. The highest BCUT2D eigenvalue weighted by Crippen LogP contribution is 2.07. The van der Waals surface area contributed by atoms with Crippen molar-refractivity contribution < 1.29 is 4.74 Å². The minimum Gasteiger partial charge on any atom is -0.492 e. The van der Waals surface area contributed by atoms with Crippen LogP contribution in [0.25, 0.3) is 0 Å². The van der Waals surface area contributed by atoms with Crippen molar-refractivity contribution in [2.45, 2.75) is 13.0 Å². The second-order valence-corrected chi connectivity index (χ2v) is 4.38. The molecule has 0 spiro atoms. The van der Waals surface area contributed by atoms with Gasteiger partial charge in [0.05, 0.1) is 0 Å². The lowest BCUT2D eigenvalue weighted by atomic mass is 10.3. The van der Waals surface area contributed by atoms with Crippen molar-refractivity contribution in [1.29, 1.82) is 0 Å². The molecule has 1 atom stereocenters. The van der Waals surface area contributed by atoms with E-state index >= 15 is 0 Å². The molecule has 0 amide bonds. The van der Waals surface area contributed by atoms with Gasteiger partial charge in [0.2, 0.25) is 0 Å². The Morgan fingerprint density at radius 1 is 1.33 bits per heavy atom. The summed E-state index contributed by atoms with van der Waals surface area (Å²) in [6, 6.07) is 10.5. The van der Waals surface area contributed by atoms with E-state index in [1.807, 2.05) is 42.1 Å². The quantitative estimate of drug-likeness (QED) is 0.720. The highest BCUT2D eigenvalue weighted by molar-refractivity contribution is 7.98. The summed E-state index contributed by atoms with van der Waals surface area (Å²) >= 11 is 1.86. The minimum atomic E-state index is 0.555. The molecule has 1 N–H and O–H groups in total. The molecule has 1 aromatic rings. The first-order valence-electron chi connectivity index (χ1n) is 5.23. The van der Waals surface area contributed by atoms with Crippen LogP contribution >= 0.6 is 11.8 Å². The van der Waals surface area contributed by atoms with E-state index in [4.69, 9.17) is 4.74 Å². The van der Waals surface area contributed by atoms with Crippen LogP contribution in [0.2, 0.25) is 0 Å². The molecule has 0 aliphatic heterocycles. The largest absolute Gasteiger partial charge is 0.492 e. The molecule has 1 rings (SSSR count). The van der Waals surface area contributed by atoms with E-state index in [1.54, 1.807) is 0 Å². The van der Waals surface area contributed by atoms with Gasteiger partial charge in [-0.05, 0) is 25.3 Å². The van der Waals surface area contributed by atoms with Crippen LogP contribution in [0.1, 0.15) is 6.92 Å². The van der Waals surface area contributed by atoms with Crippen LogP contribution in [-0.2, 0) is 0 Å². The Balaban J connectivity index is 2.07. The van der Waals surface area contributed by atoms with E-state index in [-0.39, 0.29) is 0 Å². The van der Waals surface area contributed by atoms with Crippen molar-refractivity contribution in [2.75, 3.05) is 25.2 Å². The van der Waals surface area contributed by atoms with E-state index in [2.05, 4.69) is 18.5 Å². The van der Waals surface area contributed by atoms with Gasteiger partial charge >= 0.3 is 0 Å². The highest BCUT2D eigenvalue weighted by Gasteiger charge is 1.98. The van der Waals surface area contributed by atoms with Gasteiger partial charge in [-0.2, -0.15) is 11.8 Å². The van der Waals surface area contributed by atoms with Crippen molar-refractivity contribution in [1.82, 2.24) is 5.32 Å². The summed E-state index contributed by atoms with van der Waals surface area (Å²) in [6.45, 7) is 3.82. The Kier molecular flexibility index (Phi) is 6.28. The van der Waals surface area contributed by atoms with Crippen LogP contribution in [0.3, 0.4) is 0 Å². The van der Waals surface area contributed by atoms with Crippen LogP contribution in [0.15, 0.2) is 30.3 Å². The van der Waals surface area contributed by atoms with E-state index in [0.29, 0.717) is 6.04 Å². The molecule has 1 aromatic carbocycles. The summed E-state index contributed by atoms with van der Waals surface area (Å²) in [6.07, 6.45) is 2.12. The first-order chi connectivity index (χ1) is 7.33. The third kappa shape index (κ3) is 5.70. The molecule has 0 aliphatic rings. The zero-order valence-corrected chi connectivity index (χ0v) is 10.2. The van der Waals surface area contributed by atoms with E-state index < -0.39 is 0 Å². The second-order valence-electron chi connectivity index (χ2n) is 3.47. The lowest BCUT2D eigenvalue weighted by molar-refractivity contribution is 0.309. The fourth-order valence-corrected chi connectivity index (χ4v) is 1.92. The predicted octanol–water partition coefficient (Wildman–Crippen LogP) is 2.41. The van der Waals surface area contributed by atoms with Crippen molar-refractivity contribution in [2.24, 2.45) is 0 Å². The number of hydrogen-bond acceptors (Lipinski definition) is 3. The van der Waals surface area contributed by atoms with Crippen molar-refractivity contribution in [3.8, 4) is 5.75 Å². The average Bonchev–Trinajstić information content (AvgIpc) is 2.26. The summed E-state index contributed by atoms with van der Waals surface area (Å²) in [5.41, 5.74) is 0. The molecule has 1 unspecified atom stereocenters. The maximum atomic E-state index is 5.57. The second kappa shape index (κ2) is 7.60. The van der Waals surface area contributed by atoms with E-state index in [9.17, 15) is 0 Å². The molecule has 0 saturated heterocycles. The van der Waals surface area contributed by atoms with Gasteiger partial charge in [-0.25, -0.2) is 0 Å². The topological polar surface area (TPSA) is 21.3 Å². The summed E-state index contributed by atoms with van der Waals surface area (Å²) in [5, 5.41) is 3.41. The van der Waals surface area contributed by atoms with Crippen LogP contribution in [0, 0.1) is 0 Å². The van der Waals surface area contributed by atoms with Crippen molar-refractivity contribution in [3.63, 3.8) is 0 Å². The molecule has 0 fully saturated rings. The van der Waals surface area contributed by atoms with Gasteiger partial charge in [0, 0.05) is 18.3 Å². The van der Waals surface area contributed by atoms with Crippen molar-refractivity contribution in [3.05, 3.63) is 30.3 Å². The Bertz CT molecular complexity index is 253. The van der Waals surface area contributed by atoms with Gasteiger partial charge in [0.15, 0.2) is 0 Å². The van der Waals surface area contributed by atoms with Crippen LogP contribution < -0.4 is 10.1 Å². The molecule has 15 heavy (non-hydrogen) atoms. The number of thioether (sulfide) groups is 1. The highest BCUT2D eigenvalue weighted by atomic mass is 32.2. The molecule has 0 aromatic heterocycles. The smallest absolute Gasteiger partial charge is 0.119 e. The van der Waals surface area contributed by atoms with Crippen LogP contribution in [0.4, 0.5) is 0 Å². The van der Waals surface area contributed by atoms with Gasteiger partial charge in [-0.3, -0.25) is 0 Å². The molecule has 0 radical (unpaired) electrons. The van der Waals surface area contributed by atoms with Gasteiger partial charge in [0.1, 0.15) is 12.4 Å². The fraction of sp³-hybridized carbons (Fsp3) is 0.500. The lowest BCUT2D eigenvalue weighted by Crippen LogP contribution is -2.31. The molecule has 3 heteroatoms. The van der Waals surface area contributed by atoms with Crippen molar-refractivity contribution >= 4 is 11.8 Å². The number of hydrogen-bond donors (Lipinski definition) is 1. The average molecular weight is 225 g/mol. The molecular formula is C12H19NOS. The van der Waals surface area contributed by atoms with Crippen LogP contribution in [-0.4, -0.2) is 31.2 Å². The monoisotopic (exact) mass is 225 g/mol. The number of para-hydroxylation sites is 1. The van der Waals surface area contributed by atoms with Gasteiger partial charge in [-0.15, -0.1) is 0 Å². The first-order valence-corrected chi connectivity index (χ1v) is 6.62. The SMILES string of the molecule is CSCC(C)NCCOc1ccccc1. The molecule has 0 aliphatic carbocycles. The number of nitrogens with one attached hydrogen (secondary N) is 1. The molecule has 84 valence electrons. The molecule has 2 nitrogen and oxygen atoms in total. The number of benzene rings is 1. The fourth-order valence-electron chi connectivity index (χ4n) is 1.30. The normalized spacial score (nSPS) is 12.4. The summed E-state index contributed by atoms with van der Waals surface area (Å²) in [4.78, 5) is 0. The maximum Gasteiger partial charge on any atom is 0.119 e. The number of ether oxygens (including phenoxy) is 1. The first kappa shape index (κ1) is 12.4. The van der Waals surface area contributed by atoms with Crippen LogP contribution in [0.5, 0.6) is 5.75 Å². The zero-order valence-electron chi connectivity index (χ0n) is 9.40. The van der Waals surface area contributed by atoms with E-state index in [0.717, 1.165) is 24.7 Å². The Morgan fingerprint density at radius 3 is 2.73 bits per heavy atom. The molecule has 0 bridgehead atoms. The summed E-state index contributed by atoms with van der Waals surface area (Å²) in [7, 11) is 0. The Labute approximate surface area is 96.4 Å². The summed E-state index contributed by atoms with van der Waals surface area (Å²) in [5.74, 6) is 2.09. The molecule has 0 saturated carbocycles.